The van der Waals surface area contributed by atoms with Gasteiger partial charge in [0.1, 0.15) is 17.3 Å². The fraction of sp³-hybridized carbons (Fsp3) is 0.400. The average molecular weight is 488 g/mol. The Kier molecular flexibility index (Phi) is 8.99. The van der Waals surface area contributed by atoms with Crippen molar-refractivity contribution >= 4 is 28.6 Å². The molecule has 0 aliphatic heterocycles. The zero-order valence-electron chi connectivity index (χ0n) is 20.4. The summed E-state index contributed by atoms with van der Waals surface area (Å²) >= 11 is 0. The Morgan fingerprint density at radius 2 is 1.86 bits per heavy atom. The summed E-state index contributed by atoms with van der Waals surface area (Å²) in [4.78, 5) is 20.4. The summed E-state index contributed by atoms with van der Waals surface area (Å²) in [5.74, 6) is -0.259. The highest BCUT2D eigenvalue weighted by atomic mass is 19.2. The molecule has 3 N–H and O–H groups in total. The third kappa shape index (κ3) is 6.91. The molecule has 0 aliphatic rings. The van der Waals surface area contributed by atoms with E-state index in [4.69, 9.17) is 9.47 Å². The van der Waals surface area contributed by atoms with E-state index in [0.717, 1.165) is 37.0 Å². The molecule has 0 fully saturated rings. The van der Waals surface area contributed by atoms with Crippen molar-refractivity contribution in [1.82, 2.24) is 15.3 Å². The van der Waals surface area contributed by atoms with Gasteiger partial charge in [-0.3, -0.25) is 4.79 Å². The molecular formula is C25H31F2N5O3. The van der Waals surface area contributed by atoms with Crippen LogP contribution < -0.4 is 25.4 Å². The molecule has 1 unspecified atom stereocenters. The smallest absolute Gasteiger partial charge is 0.225 e. The molecule has 3 rings (SSSR count). The number of amides is 1. The number of nitrogens with one attached hydrogen (secondary N) is 3. The lowest BCUT2D eigenvalue weighted by Crippen LogP contribution is -2.35. The SMILES string of the molecule is CCCCC(CNC(C)=O)Nc1nc(NCc2ccc(OC)cc2OC)nc2cc(F)c(F)cc12. The van der Waals surface area contributed by atoms with Crippen LogP contribution in [0.25, 0.3) is 10.9 Å². The van der Waals surface area contributed by atoms with E-state index >= 15 is 0 Å². The van der Waals surface area contributed by atoms with Gasteiger partial charge in [-0.15, -0.1) is 0 Å². The fourth-order valence-corrected chi connectivity index (χ4v) is 3.62. The first-order valence-electron chi connectivity index (χ1n) is 11.5. The van der Waals surface area contributed by atoms with Crippen molar-refractivity contribution in [3.8, 4) is 11.5 Å². The number of fused-ring (bicyclic) bond motifs is 1. The van der Waals surface area contributed by atoms with E-state index in [1.807, 2.05) is 12.1 Å². The second-order valence-electron chi connectivity index (χ2n) is 8.13. The molecule has 0 bridgehead atoms. The number of nitrogens with zero attached hydrogens (tertiary/aromatic N) is 2. The van der Waals surface area contributed by atoms with Crippen LogP contribution in [0.15, 0.2) is 30.3 Å². The highest BCUT2D eigenvalue weighted by molar-refractivity contribution is 5.90. The Hall–Kier alpha value is -3.69. The number of carbonyl (C=O) groups is 1. The van der Waals surface area contributed by atoms with Crippen LogP contribution in [0, 0.1) is 11.6 Å². The van der Waals surface area contributed by atoms with E-state index in [0.29, 0.717) is 35.8 Å². The molecule has 2 aromatic carbocycles. The van der Waals surface area contributed by atoms with E-state index in [9.17, 15) is 13.6 Å². The van der Waals surface area contributed by atoms with Crippen LogP contribution in [0.3, 0.4) is 0 Å². The molecule has 1 amide bonds. The number of hydrogen-bond acceptors (Lipinski definition) is 7. The minimum atomic E-state index is -0.995. The van der Waals surface area contributed by atoms with Crippen LogP contribution >= 0.6 is 0 Å². The van der Waals surface area contributed by atoms with Crippen LogP contribution in [0.1, 0.15) is 38.7 Å². The lowest BCUT2D eigenvalue weighted by Gasteiger charge is -2.21. The Morgan fingerprint density at radius 3 is 2.54 bits per heavy atom. The number of hydrogen-bond donors (Lipinski definition) is 3. The molecule has 10 heteroatoms. The van der Waals surface area contributed by atoms with Crippen molar-refractivity contribution in [2.75, 3.05) is 31.4 Å². The van der Waals surface area contributed by atoms with Gasteiger partial charge in [0, 0.05) is 49.1 Å². The van der Waals surface area contributed by atoms with Crippen LogP contribution in [0.4, 0.5) is 20.5 Å². The molecule has 3 aromatic rings. The number of aromatic nitrogens is 2. The Bertz CT molecular complexity index is 1180. The van der Waals surface area contributed by atoms with Crippen molar-refractivity contribution in [1.29, 1.82) is 0 Å². The fourth-order valence-electron chi connectivity index (χ4n) is 3.62. The molecule has 1 atom stereocenters. The normalized spacial score (nSPS) is 11.7. The largest absolute Gasteiger partial charge is 0.497 e. The number of methoxy groups -OCH3 is 2. The second kappa shape index (κ2) is 12.1. The van der Waals surface area contributed by atoms with Crippen molar-refractivity contribution in [3.63, 3.8) is 0 Å². The van der Waals surface area contributed by atoms with Crippen LogP contribution in [-0.4, -0.2) is 42.7 Å². The molecule has 0 radical (unpaired) electrons. The molecule has 188 valence electrons. The van der Waals surface area contributed by atoms with Gasteiger partial charge in [-0.25, -0.2) is 13.8 Å². The molecule has 1 aromatic heterocycles. The van der Waals surface area contributed by atoms with Crippen molar-refractivity contribution in [2.45, 2.75) is 45.7 Å². The Labute approximate surface area is 203 Å². The first kappa shape index (κ1) is 25.9. The van der Waals surface area contributed by atoms with Crippen molar-refractivity contribution in [2.24, 2.45) is 0 Å². The summed E-state index contributed by atoms with van der Waals surface area (Å²) in [5, 5.41) is 9.59. The van der Waals surface area contributed by atoms with E-state index in [1.165, 1.54) is 6.92 Å². The van der Waals surface area contributed by atoms with E-state index in [1.54, 1.807) is 20.3 Å². The minimum absolute atomic E-state index is 0.148. The average Bonchev–Trinajstić information content (AvgIpc) is 2.85. The van der Waals surface area contributed by atoms with Crippen LogP contribution in [0.5, 0.6) is 11.5 Å². The number of benzene rings is 2. The highest BCUT2D eigenvalue weighted by Gasteiger charge is 2.17. The minimum Gasteiger partial charge on any atom is -0.497 e. The number of rotatable bonds is 12. The maximum absolute atomic E-state index is 14.1. The lowest BCUT2D eigenvalue weighted by molar-refractivity contribution is -0.119. The summed E-state index contributed by atoms with van der Waals surface area (Å²) in [6, 6.07) is 7.41. The quantitative estimate of drug-likeness (QED) is 0.342. The summed E-state index contributed by atoms with van der Waals surface area (Å²) in [5.41, 5.74) is 1.09. The topological polar surface area (TPSA) is 97.4 Å². The van der Waals surface area contributed by atoms with Gasteiger partial charge in [-0.2, -0.15) is 4.98 Å². The highest BCUT2D eigenvalue weighted by Crippen LogP contribution is 2.28. The van der Waals surface area contributed by atoms with Gasteiger partial charge in [0.2, 0.25) is 11.9 Å². The number of carbonyl (C=O) groups excluding carboxylic acids is 1. The molecule has 1 heterocycles. The van der Waals surface area contributed by atoms with Gasteiger partial charge in [-0.1, -0.05) is 19.8 Å². The van der Waals surface area contributed by atoms with E-state index in [2.05, 4.69) is 32.8 Å². The molecule has 8 nitrogen and oxygen atoms in total. The van der Waals surface area contributed by atoms with Gasteiger partial charge >= 0.3 is 0 Å². The van der Waals surface area contributed by atoms with E-state index < -0.39 is 11.6 Å². The Balaban J connectivity index is 1.93. The summed E-state index contributed by atoms with van der Waals surface area (Å²) < 4.78 is 38.8. The first-order chi connectivity index (χ1) is 16.8. The third-order valence-electron chi connectivity index (χ3n) is 5.51. The van der Waals surface area contributed by atoms with E-state index in [-0.39, 0.29) is 23.4 Å². The standard InChI is InChI=1S/C25H31F2N5O3/c1-5-6-7-17(14-28-15(2)33)30-24-19-11-20(26)21(27)12-22(19)31-25(32-24)29-13-16-8-9-18(34-3)10-23(16)35-4/h8-12,17H,5-7,13-14H2,1-4H3,(H,28,33)(H2,29,30,31,32). The first-order valence-corrected chi connectivity index (χ1v) is 11.5. The Morgan fingerprint density at radius 1 is 1.09 bits per heavy atom. The molecule has 0 spiro atoms. The zero-order chi connectivity index (χ0) is 25.4. The molecule has 0 saturated heterocycles. The summed E-state index contributed by atoms with van der Waals surface area (Å²) in [6.07, 6.45) is 2.66. The predicted octanol–water partition coefficient (Wildman–Crippen LogP) is 4.64. The molecular weight excluding hydrogens is 456 g/mol. The summed E-state index contributed by atoms with van der Waals surface area (Å²) in [7, 11) is 3.14. The zero-order valence-corrected chi connectivity index (χ0v) is 20.4. The van der Waals surface area contributed by atoms with Gasteiger partial charge in [0.15, 0.2) is 11.6 Å². The van der Waals surface area contributed by atoms with Gasteiger partial charge in [0.05, 0.1) is 19.7 Å². The second-order valence-corrected chi connectivity index (χ2v) is 8.13. The number of halogens is 2. The van der Waals surface area contributed by atoms with Gasteiger partial charge < -0.3 is 25.4 Å². The third-order valence-corrected chi connectivity index (χ3v) is 5.51. The van der Waals surface area contributed by atoms with Crippen LogP contribution in [0.2, 0.25) is 0 Å². The predicted molar refractivity (Wildman–Crippen MR) is 132 cm³/mol. The van der Waals surface area contributed by atoms with Crippen molar-refractivity contribution < 1.29 is 23.0 Å². The van der Waals surface area contributed by atoms with Crippen LogP contribution in [-0.2, 0) is 11.3 Å². The van der Waals surface area contributed by atoms with Gasteiger partial charge in [0.25, 0.3) is 0 Å². The molecule has 0 saturated carbocycles. The summed E-state index contributed by atoms with van der Waals surface area (Å²) in [6.45, 7) is 4.22. The maximum atomic E-state index is 14.1. The maximum Gasteiger partial charge on any atom is 0.225 e. The van der Waals surface area contributed by atoms with Crippen molar-refractivity contribution in [3.05, 3.63) is 47.5 Å². The van der Waals surface area contributed by atoms with Gasteiger partial charge in [-0.05, 0) is 24.6 Å². The monoisotopic (exact) mass is 487 g/mol. The number of ether oxygens (including phenoxy) is 2. The number of unbranched alkanes of at least 4 members (excludes halogenated alkanes) is 1. The lowest BCUT2D eigenvalue weighted by atomic mass is 10.1. The number of anilines is 2. The molecule has 35 heavy (non-hydrogen) atoms. The molecule has 0 aliphatic carbocycles.